The van der Waals surface area contributed by atoms with Gasteiger partial charge in [-0.05, 0) is 40.0 Å². The first-order valence-corrected chi connectivity index (χ1v) is 7.47. The van der Waals surface area contributed by atoms with E-state index in [1.54, 1.807) is 0 Å². The van der Waals surface area contributed by atoms with Crippen molar-refractivity contribution in [2.75, 3.05) is 13.1 Å². The topological polar surface area (TPSA) is 69.6 Å². The minimum atomic E-state index is -0.746. The molecule has 2 unspecified atom stereocenters. The molecule has 0 saturated carbocycles. The fourth-order valence-corrected chi connectivity index (χ4v) is 2.54. The van der Waals surface area contributed by atoms with E-state index >= 15 is 0 Å². The zero-order valence-electron chi connectivity index (χ0n) is 13.3. The molecule has 2 N–H and O–H groups in total. The van der Waals surface area contributed by atoms with Crippen LogP contribution in [0.15, 0.2) is 0 Å². The zero-order chi connectivity index (χ0) is 15.6. The highest BCUT2D eigenvalue weighted by Crippen LogP contribution is 2.35. The van der Waals surface area contributed by atoms with E-state index in [1.807, 2.05) is 39.5 Å². The first kappa shape index (κ1) is 17.0. The molecule has 1 aliphatic heterocycles. The van der Waals surface area contributed by atoms with Gasteiger partial charge in [0, 0.05) is 18.6 Å². The second kappa shape index (κ2) is 6.12. The molecule has 0 radical (unpaired) electrons. The van der Waals surface area contributed by atoms with Crippen LogP contribution in [0, 0.1) is 5.41 Å². The standard InChI is InChI=1S/C15H28N2O3/c1-6-14(4,5)16-12(18)11(3)17-9-8-15(7-2,10-17)13(19)20/h11H,6-10H2,1-5H3,(H,16,18)(H,19,20). The number of nitrogens with one attached hydrogen (secondary N) is 1. The van der Waals surface area contributed by atoms with E-state index in [4.69, 9.17) is 0 Å². The molecule has 5 nitrogen and oxygen atoms in total. The van der Waals surface area contributed by atoms with E-state index in [-0.39, 0.29) is 17.5 Å². The fourth-order valence-electron chi connectivity index (χ4n) is 2.54. The van der Waals surface area contributed by atoms with Gasteiger partial charge in [-0.15, -0.1) is 0 Å². The maximum absolute atomic E-state index is 12.3. The lowest BCUT2D eigenvalue weighted by atomic mass is 9.84. The van der Waals surface area contributed by atoms with Gasteiger partial charge in [-0.2, -0.15) is 0 Å². The summed E-state index contributed by atoms with van der Waals surface area (Å²) in [6.07, 6.45) is 2.08. The molecule has 1 rings (SSSR count). The maximum Gasteiger partial charge on any atom is 0.310 e. The monoisotopic (exact) mass is 284 g/mol. The Bertz CT molecular complexity index is 381. The number of nitrogens with zero attached hydrogens (tertiary/aromatic N) is 1. The number of carbonyl (C=O) groups is 2. The number of carboxylic acid groups (broad SMARTS) is 1. The summed E-state index contributed by atoms with van der Waals surface area (Å²) < 4.78 is 0. The van der Waals surface area contributed by atoms with Crippen LogP contribution in [0.4, 0.5) is 0 Å². The third kappa shape index (κ3) is 3.51. The lowest BCUT2D eigenvalue weighted by molar-refractivity contribution is -0.148. The number of amides is 1. The van der Waals surface area contributed by atoms with Crippen LogP contribution < -0.4 is 5.32 Å². The Morgan fingerprint density at radius 2 is 2.00 bits per heavy atom. The molecule has 1 fully saturated rings. The maximum atomic E-state index is 12.3. The second-order valence-corrected chi connectivity index (χ2v) is 6.56. The van der Waals surface area contributed by atoms with Gasteiger partial charge in [-0.1, -0.05) is 13.8 Å². The number of aliphatic carboxylic acids is 1. The van der Waals surface area contributed by atoms with Crippen LogP contribution >= 0.6 is 0 Å². The van der Waals surface area contributed by atoms with Gasteiger partial charge < -0.3 is 10.4 Å². The van der Waals surface area contributed by atoms with Crippen molar-refractivity contribution in [3.8, 4) is 0 Å². The molecule has 116 valence electrons. The molecular formula is C15H28N2O3. The lowest BCUT2D eigenvalue weighted by Gasteiger charge is -2.31. The average Bonchev–Trinajstić information content (AvgIpc) is 2.83. The van der Waals surface area contributed by atoms with E-state index in [2.05, 4.69) is 5.32 Å². The smallest absolute Gasteiger partial charge is 0.310 e. The molecular weight excluding hydrogens is 256 g/mol. The van der Waals surface area contributed by atoms with Crippen molar-refractivity contribution in [1.29, 1.82) is 0 Å². The Labute approximate surface area is 121 Å². The summed E-state index contributed by atoms with van der Waals surface area (Å²) in [6.45, 7) is 10.9. The van der Waals surface area contributed by atoms with Gasteiger partial charge in [0.15, 0.2) is 0 Å². The molecule has 0 aromatic rings. The summed E-state index contributed by atoms with van der Waals surface area (Å²) in [5.41, 5.74) is -0.908. The Balaban J connectivity index is 2.69. The summed E-state index contributed by atoms with van der Waals surface area (Å²) in [5.74, 6) is -0.766. The highest BCUT2D eigenvalue weighted by atomic mass is 16.4. The zero-order valence-corrected chi connectivity index (χ0v) is 13.3. The normalized spacial score (nSPS) is 25.4. The van der Waals surface area contributed by atoms with Gasteiger partial charge in [-0.3, -0.25) is 14.5 Å². The van der Waals surface area contributed by atoms with Crippen molar-refractivity contribution in [2.24, 2.45) is 5.41 Å². The molecule has 1 amide bonds. The molecule has 2 atom stereocenters. The number of carbonyl (C=O) groups excluding carboxylic acids is 1. The average molecular weight is 284 g/mol. The Morgan fingerprint density at radius 3 is 2.40 bits per heavy atom. The second-order valence-electron chi connectivity index (χ2n) is 6.56. The van der Waals surface area contributed by atoms with Crippen LogP contribution in [0.25, 0.3) is 0 Å². The summed E-state index contributed by atoms with van der Waals surface area (Å²) >= 11 is 0. The summed E-state index contributed by atoms with van der Waals surface area (Å²) in [7, 11) is 0. The van der Waals surface area contributed by atoms with Crippen molar-refractivity contribution < 1.29 is 14.7 Å². The Kier molecular flexibility index (Phi) is 5.19. The van der Waals surface area contributed by atoms with Crippen LogP contribution in [0.5, 0.6) is 0 Å². The SMILES string of the molecule is CCC(C)(C)NC(=O)C(C)N1CCC(CC)(C(=O)O)C1. The van der Waals surface area contributed by atoms with Crippen LogP contribution in [0.1, 0.15) is 53.9 Å². The van der Waals surface area contributed by atoms with Crippen LogP contribution in [-0.2, 0) is 9.59 Å². The fraction of sp³-hybridized carbons (Fsp3) is 0.867. The molecule has 1 heterocycles. The minimum absolute atomic E-state index is 0.0193. The third-order valence-corrected chi connectivity index (χ3v) is 4.79. The van der Waals surface area contributed by atoms with Crippen LogP contribution in [0.3, 0.4) is 0 Å². The molecule has 0 aliphatic carbocycles. The quantitative estimate of drug-likeness (QED) is 0.781. The van der Waals surface area contributed by atoms with E-state index in [9.17, 15) is 14.7 Å². The van der Waals surface area contributed by atoms with Crippen molar-refractivity contribution in [3.05, 3.63) is 0 Å². The molecule has 0 aromatic heterocycles. The van der Waals surface area contributed by atoms with E-state index in [0.717, 1.165) is 6.42 Å². The third-order valence-electron chi connectivity index (χ3n) is 4.79. The van der Waals surface area contributed by atoms with Gasteiger partial charge in [0.05, 0.1) is 11.5 Å². The minimum Gasteiger partial charge on any atom is -0.481 e. The van der Waals surface area contributed by atoms with Crippen molar-refractivity contribution in [1.82, 2.24) is 10.2 Å². The van der Waals surface area contributed by atoms with Crippen molar-refractivity contribution >= 4 is 11.9 Å². The van der Waals surface area contributed by atoms with Crippen LogP contribution in [-0.4, -0.2) is 46.6 Å². The summed E-state index contributed by atoms with van der Waals surface area (Å²) in [4.78, 5) is 25.7. The van der Waals surface area contributed by atoms with Crippen molar-refractivity contribution in [3.63, 3.8) is 0 Å². The number of likely N-dealkylation sites (tertiary alicyclic amines) is 1. The van der Waals surface area contributed by atoms with E-state index < -0.39 is 11.4 Å². The summed E-state index contributed by atoms with van der Waals surface area (Å²) in [6, 6.07) is -0.284. The van der Waals surface area contributed by atoms with Gasteiger partial charge >= 0.3 is 5.97 Å². The largest absolute Gasteiger partial charge is 0.481 e. The molecule has 1 saturated heterocycles. The number of carboxylic acids is 1. The molecule has 0 spiro atoms. The Morgan fingerprint density at radius 1 is 1.40 bits per heavy atom. The van der Waals surface area contributed by atoms with Crippen LogP contribution in [0.2, 0.25) is 0 Å². The van der Waals surface area contributed by atoms with Crippen molar-refractivity contribution in [2.45, 2.75) is 65.5 Å². The van der Waals surface area contributed by atoms with E-state index in [1.165, 1.54) is 0 Å². The highest BCUT2D eigenvalue weighted by molar-refractivity contribution is 5.82. The molecule has 0 bridgehead atoms. The molecule has 5 heteroatoms. The number of hydrogen-bond acceptors (Lipinski definition) is 3. The van der Waals surface area contributed by atoms with Gasteiger partial charge in [0.25, 0.3) is 0 Å². The van der Waals surface area contributed by atoms with E-state index in [0.29, 0.717) is 25.9 Å². The molecule has 0 aromatic carbocycles. The predicted octanol–water partition coefficient (Wildman–Crippen LogP) is 1.87. The molecule has 1 aliphatic rings. The van der Waals surface area contributed by atoms with Gasteiger partial charge in [-0.25, -0.2) is 0 Å². The predicted molar refractivity (Wildman–Crippen MR) is 78.5 cm³/mol. The number of hydrogen-bond donors (Lipinski definition) is 2. The van der Waals surface area contributed by atoms with Gasteiger partial charge in [0.1, 0.15) is 0 Å². The van der Waals surface area contributed by atoms with Gasteiger partial charge in [0.2, 0.25) is 5.91 Å². The first-order chi connectivity index (χ1) is 9.17. The Hall–Kier alpha value is -1.10. The first-order valence-electron chi connectivity index (χ1n) is 7.47. The lowest BCUT2D eigenvalue weighted by Crippen LogP contribution is -2.52. The molecule has 20 heavy (non-hydrogen) atoms. The highest BCUT2D eigenvalue weighted by Gasteiger charge is 2.45. The number of rotatable bonds is 6. The summed E-state index contributed by atoms with van der Waals surface area (Å²) in [5, 5.41) is 12.4.